The largest absolute Gasteiger partial charge is 0.465 e. The molecule has 1 aliphatic heterocycles. The molecule has 0 aromatic heterocycles. The monoisotopic (exact) mass is 462 g/mol. The van der Waals surface area contributed by atoms with Gasteiger partial charge in [0.2, 0.25) is 0 Å². The van der Waals surface area contributed by atoms with Crippen LogP contribution in [0.4, 0.5) is 5.69 Å². The van der Waals surface area contributed by atoms with Gasteiger partial charge in [-0.1, -0.05) is 41.9 Å². The molecule has 1 amide bonds. The lowest BCUT2D eigenvalue weighted by Gasteiger charge is -2.34. The number of rotatable bonds is 6. The number of nitrogens with one attached hydrogen (secondary N) is 1. The quantitative estimate of drug-likeness (QED) is 0.495. The van der Waals surface area contributed by atoms with Crippen molar-refractivity contribution in [1.82, 2.24) is 5.32 Å². The molecule has 1 heterocycles. The molecule has 0 spiro atoms. The Kier molecular flexibility index (Phi) is 7.30. The molecule has 1 N–H and O–H groups in total. The van der Waals surface area contributed by atoms with E-state index >= 15 is 0 Å². The summed E-state index contributed by atoms with van der Waals surface area (Å²) >= 11 is 5.96. The summed E-state index contributed by atoms with van der Waals surface area (Å²) in [6.45, 7) is 2.38. The third-order valence-electron chi connectivity index (χ3n) is 6.03. The van der Waals surface area contributed by atoms with Crippen LogP contribution in [0.15, 0.2) is 72.8 Å². The van der Waals surface area contributed by atoms with E-state index in [2.05, 4.69) is 10.2 Å². The molecule has 1 unspecified atom stereocenters. The van der Waals surface area contributed by atoms with Crippen LogP contribution >= 0.6 is 11.6 Å². The highest BCUT2D eigenvalue weighted by atomic mass is 35.5. The molecule has 3 aromatic rings. The Bertz CT molecular complexity index is 1110. The van der Waals surface area contributed by atoms with E-state index in [0.29, 0.717) is 28.6 Å². The fourth-order valence-electron chi connectivity index (χ4n) is 4.21. The van der Waals surface area contributed by atoms with Crippen LogP contribution in [0, 0.1) is 5.92 Å². The number of hydrogen-bond acceptors (Lipinski definition) is 4. The van der Waals surface area contributed by atoms with Gasteiger partial charge < -0.3 is 15.0 Å². The first-order valence-corrected chi connectivity index (χ1v) is 11.5. The number of piperidine rings is 1. The Hall–Kier alpha value is -3.31. The number of halogens is 1. The molecule has 1 fully saturated rings. The van der Waals surface area contributed by atoms with E-state index in [-0.39, 0.29) is 11.9 Å². The number of benzene rings is 3. The van der Waals surface area contributed by atoms with Crippen molar-refractivity contribution in [3.63, 3.8) is 0 Å². The molecule has 6 heteroatoms. The average molecular weight is 463 g/mol. The third kappa shape index (κ3) is 5.74. The van der Waals surface area contributed by atoms with Gasteiger partial charge in [-0.3, -0.25) is 4.79 Å². The van der Waals surface area contributed by atoms with Gasteiger partial charge in [0.25, 0.3) is 5.91 Å². The van der Waals surface area contributed by atoms with Gasteiger partial charge in [0.1, 0.15) is 0 Å². The van der Waals surface area contributed by atoms with Gasteiger partial charge in [-0.2, -0.15) is 0 Å². The minimum Gasteiger partial charge on any atom is -0.465 e. The van der Waals surface area contributed by atoms with E-state index in [0.717, 1.165) is 42.7 Å². The number of esters is 1. The maximum absolute atomic E-state index is 12.7. The van der Waals surface area contributed by atoms with Crippen LogP contribution in [0.25, 0.3) is 11.1 Å². The molecule has 1 atom stereocenters. The molecule has 33 heavy (non-hydrogen) atoms. The number of ether oxygens (including phenoxy) is 1. The van der Waals surface area contributed by atoms with Crippen LogP contribution in [0.3, 0.4) is 0 Å². The second-order valence-electron chi connectivity index (χ2n) is 8.29. The molecule has 3 aromatic carbocycles. The number of nitrogens with zero attached hydrogens (tertiary/aromatic N) is 1. The van der Waals surface area contributed by atoms with Gasteiger partial charge in [0.05, 0.1) is 12.7 Å². The molecule has 4 rings (SSSR count). The van der Waals surface area contributed by atoms with Crippen molar-refractivity contribution in [1.29, 1.82) is 0 Å². The van der Waals surface area contributed by atoms with Crippen LogP contribution in [-0.4, -0.2) is 38.6 Å². The van der Waals surface area contributed by atoms with E-state index in [9.17, 15) is 9.59 Å². The molecule has 0 bridgehead atoms. The number of carbonyl (C=O) groups is 2. The van der Waals surface area contributed by atoms with Crippen molar-refractivity contribution in [2.45, 2.75) is 12.8 Å². The first kappa shape index (κ1) is 22.9. The summed E-state index contributed by atoms with van der Waals surface area (Å²) in [6, 6.07) is 22.8. The maximum Gasteiger partial charge on any atom is 0.337 e. The van der Waals surface area contributed by atoms with Crippen molar-refractivity contribution in [3.8, 4) is 11.1 Å². The van der Waals surface area contributed by atoms with Crippen LogP contribution in [0.5, 0.6) is 0 Å². The predicted molar refractivity (Wildman–Crippen MR) is 132 cm³/mol. The summed E-state index contributed by atoms with van der Waals surface area (Å²) in [4.78, 5) is 26.8. The summed E-state index contributed by atoms with van der Waals surface area (Å²) < 4.78 is 4.83. The molecule has 0 radical (unpaired) electrons. The van der Waals surface area contributed by atoms with Gasteiger partial charge in [-0.15, -0.1) is 0 Å². The molecule has 1 aliphatic rings. The second kappa shape index (κ2) is 10.5. The highest BCUT2D eigenvalue weighted by Crippen LogP contribution is 2.25. The standard InChI is InChI=1S/C27H27ClN2O3/c1-33-27(32)23-5-2-6-25(16-23)30-15-3-4-19(18-30)17-29-26(31)22-9-7-20(8-10-22)21-11-13-24(28)14-12-21/h2,5-14,16,19H,3-4,15,17-18H2,1H3,(H,29,31). The zero-order chi connectivity index (χ0) is 23.2. The predicted octanol–water partition coefficient (Wildman–Crippen LogP) is 5.44. The second-order valence-corrected chi connectivity index (χ2v) is 8.73. The Labute approximate surface area is 199 Å². The van der Waals surface area contributed by atoms with Gasteiger partial charge in [-0.25, -0.2) is 4.79 Å². The Morgan fingerprint density at radius 2 is 1.70 bits per heavy atom. The van der Waals surface area contributed by atoms with Gasteiger partial charge >= 0.3 is 5.97 Å². The summed E-state index contributed by atoms with van der Waals surface area (Å²) in [5.74, 6) is -0.0555. The van der Waals surface area contributed by atoms with Gasteiger partial charge in [-0.05, 0) is 72.4 Å². The molecule has 1 saturated heterocycles. The van der Waals surface area contributed by atoms with Crippen molar-refractivity contribution in [2.24, 2.45) is 5.92 Å². The number of hydrogen-bond donors (Lipinski definition) is 1. The van der Waals surface area contributed by atoms with E-state index in [1.807, 2.05) is 66.7 Å². The van der Waals surface area contributed by atoms with Crippen molar-refractivity contribution < 1.29 is 14.3 Å². The number of carbonyl (C=O) groups excluding carboxylic acids is 2. The molecule has 170 valence electrons. The number of methoxy groups -OCH3 is 1. The number of amides is 1. The summed E-state index contributed by atoms with van der Waals surface area (Å²) in [6.07, 6.45) is 2.10. The zero-order valence-corrected chi connectivity index (χ0v) is 19.3. The van der Waals surface area contributed by atoms with E-state index in [4.69, 9.17) is 16.3 Å². The third-order valence-corrected chi connectivity index (χ3v) is 6.28. The van der Waals surface area contributed by atoms with Crippen LogP contribution in [0.1, 0.15) is 33.6 Å². The lowest BCUT2D eigenvalue weighted by Crippen LogP contribution is -2.41. The highest BCUT2D eigenvalue weighted by molar-refractivity contribution is 6.30. The average Bonchev–Trinajstić information content (AvgIpc) is 2.87. The SMILES string of the molecule is COC(=O)c1cccc(N2CCCC(CNC(=O)c3ccc(-c4ccc(Cl)cc4)cc3)C2)c1. The zero-order valence-electron chi connectivity index (χ0n) is 18.6. The van der Waals surface area contributed by atoms with Crippen LogP contribution < -0.4 is 10.2 Å². The fourth-order valence-corrected chi connectivity index (χ4v) is 4.34. The van der Waals surface area contributed by atoms with Crippen LogP contribution in [0.2, 0.25) is 5.02 Å². The van der Waals surface area contributed by atoms with E-state index < -0.39 is 0 Å². The fraction of sp³-hybridized carbons (Fsp3) is 0.259. The van der Waals surface area contributed by atoms with Crippen molar-refractivity contribution in [3.05, 3.63) is 88.9 Å². The topological polar surface area (TPSA) is 58.6 Å². The maximum atomic E-state index is 12.7. The Morgan fingerprint density at radius 1 is 1.00 bits per heavy atom. The smallest absolute Gasteiger partial charge is 0.337 e. The summed E-state index contributed by atoms with van der Waals surface area (Å²) in [5, 5.41) is 3.79. The lowest BCUT2D eigenvalue weighted by atomic mass is 9.97. The van der Waals surface area contributed by atoms with E-state index in [1.54, 1.807) is 6.07 Å². The molecule has 0 saturated carbocycles. The Morgan fingerprint density at radius 3 is 2.39 bits per heavy atom. The molecule has 0 aliphatic carbocycles. The van der Waals surface area contributed by atoms with E-state index in [1.165, 1.54) is 7.11 Å². The molecular weight excluding hydrogens is 436 g/mol. The van der Waals surface area contributed by atoms with Crippen LogP contribution in [-0.2, 0) is 4.74 Å². The highest BCUT2D eigenvalue weighted by Gasteiger charge is 2.21. The van der Waals surface area contributed by atoms with Gasteiger partial charge in [0, 0.05) is 35.9 Å². The molecule has 5 nitrogen and oxygen atoms in total. The van der Waals surface area contributed by atoms with Gasteiger partial charge in [0.15, 0.2) is 0 Å². The molecular formula is C27H27ClN2O3. The van der Waals surface area contributed by atoms with Crippen molar-refractivity contribution >= 4 is 29.2 Å². The van der Waals surface area contributed by atoms with Crippen molar-refractivity contribution in [2.75, 3.05) is 31.6 Å². The lowest BCUT2D eigenvalue weighted by molar-refractivity contribution is 0.0600. The Balaban J connectivity index is 1.33. The first-order valence-electron chi connectivity index (χ1n) is 11.1. The normalized spacial score (nSPS) is 15.7. The number of anilines is 1. The minimum absolute atomic E-state index is 0.0672. The minimum atomic E-state index is -0.334. The first-order chi connectivity index (χ1) is 16.0. The summed E-state index contributed by atoms with van der Waals surface area (Å²) in [7, 11) is 1.39. The summed E-state index contributed by atoms with van der Waals surface area (Å²) in [5.41, 5.74) is 4.30.